The van der Waals surface area contributed by atoms with E-state index in [0.717, 1.165) is 12.1 Å². The molecule has 1 amide bonds. The van der Waals surface area contributed by atoms with Gasteiger partial charge in [-0.1, -0.05) is 12.8 Å². The third-order valence-corrected chi connectivity index (χ3v) is 5.19. The Morgan fingerprint density at radius 1 is 1.19 bits per heavy atom. The van der Waals surface area contributed by atoms with Crippen molar-refractivity contribution in [2.75, 3.05) is 0 Å². The van der Waals surface area contributed by atoms with Crippen LogP contribution in [0.5, 0.6) is 0 Å². The van der Waals surface area contributed by atoms with Crippen LogP contribution in [-0.2, 0) is 18.3 Å². The van der Waals surface area contributed by atoms with E-state index in [2.05, 4.69) is 16.9 Å². The number of carbonyl (C=O) groups excluding carboxylic acids is 1. The van der Waals surface area contributed by atoms with Gasteiger partial charge in [0.2, 0.25) is 5.91 Å². The molecule has 0 spiro atoms. The summed E-state index contributed by atoms with van der Waals surface area (Å²) in [6, 6.07) is 1.08. The average Bonchev–Trinajstić information content (AvgIpc) is 3.06. The fraction of sp³-hybridized carbons (Fsp3) is 0.765. The van der Waals surface area contributed by atoms with Gasteiger partial charge >= 0.3 is 0 Å². The van der Waals surface area contributed by atoms with Crippen LogP contribution < -0.4 is 0 Å². The molecule has 2 aliphatic carbocycles. The Morgan fingerprint density at radius 3 is 2.33 bits per heavy atom. The second-order valence-electron chi connectivity index (χ2n) is 6.74. The molecule has 0 atom stereocenters. The van der Waals surface area contributed by atoms with E-state index >= 15 is 0 Å². The predicted octanol–water partition coefficient (Wildman–Crippen LogP) is 2.90. The second-order valence-corrected chi connectivity index (χ2v) is 6.74. The zero-order valence-corrected chi connectivity index (χ0v) is 13.6. The van der Waals surface area contributed by atoms with Crippen molar-refractivity contribution < 1.29 is 4.79 Å². The van der Waals surface area contributed by atoms with Crippen molar-refractivity contribution in [3.8, 4) is 0 Å². The van der Waals surface area contributed by atoms with Crippen molar-refractivity contribution in [2.45, 2.75) is 77.3 Å². The molecule has 3 rings (SSSR count). The van der Waals surface area contributed by atoms with Gasteiger partial charge < -0.3 is 4.90 Å². The number of hydrogen-bond acceptors (Lipinski definition) is 2. The molecule has 2 saturated carbocycles. The molecule has 0 aliphatic heterocycles. The minimum atomic E-state index is 0.368. The lowest BCUT2D eigenvalue weighted by atomic mass is 10.1. The maximum atomic E-state index is 12.7. The summed E-state index contributed by atoms with van der Waals surface area (Å²) in [6.07, 6.45) is 8.92. The Hall–Kier alpha value is -1.32. The van der Waals surface area contributed by atoms with E-state index < -0.39 is 0 Å². The number of aromatic nitrogens is 2. The number of hydrogen-bond donors (Lipinski definition) is 0. The highest BCUT2D eigenvalue weighted by Gasteiger charge is 2.37. The topological polar surface area (TPSA) is 38.1 Å². The molecule has 2 aliphatic rings. The maximum absolute atomic E-state index is 12.7. The van der Waals surface area contributed by atoms with Crippen LogP contribution in [0.25, 0.3) is 0 Å². The summed E-state index contributed by atoms with van der Waals surface area (Å²) in [4.78, 5) is 15.0. The zero-order valence-electron chi connectivity index (χ0n) is 13.6. The van der Waals surface area contributed by atoms with Gasteiger partial charge in [0.05, 0.1) is 5.69 Å². The molecule has 0 unspecified atom stereocenters. The Balaban J connectivity index is 1.64. The first kappa shape index (κ1) is 14.6. The summed E-state index contributed by atoms with van der Waals surface area (Å²) in [6.45, 7) is 4.14. The number of rotatable bonds is 5. The summed E-state index contributed by atoms with van der Waals surface area (Å²) < 4.78 is 1.92. The molecule has 1 heterocycles. The molecule has 0 aromatic carbocycles. The van der Waals surface area contributed by atoms with Crippen molar-refractivity contribution in [1.82, 2.24) is 14.7 Å². The van der Waals surface area contributed by atoms with Crippen LogP contribution in [0.15, 0.2) is 0 Å². The number of amides is 1. The van der Waals surface area contributed by atoms with Crippen LogP contribution in [0.4, 0.5) is 0 Å². The zero-order chi connectivity index (χ0) is 15.0. The molecule has 116 valence electrons. The van der Waals surface area contributed by atoms with Gasteiger partial charge in [0.25, 0.3) is 0 Å². The van der Waals surface area contributed by atoms with E-state index in [4.69, 9.17) is 0 Å². The van der Waals surface area contributed by atoms with E-state index in [1.54, 1.807) is 0 Å². The van der Waals surface area contributed by atoms with E-state index in [-0.39, 0.29) is 0 Å². The SMILES string of the molecule is Cc1nn(C)c(C)c1CCC(=O)N(C1CCCC1)C1CC1. The third kappa shape index (κ3) is 2.99. The summed E-state index contributed by atoms with van der Waals surface area (Å²) in [5.41, 5.74) is 3.52. The van der Waals surface area contributed by atoms with Gasteiger partial charge in [-0.05, 0) is 51.5 Å². The molecule has 21 heavy (non-hydrogen) atoms. The second kappa shape index (κ2) is 5.82. The summed E-state index contributed by atoms with van der Waals surface area (Å²) in [5.74, 6) is 0.368. The predicted molar refractivity (Wildman–Crippen MR) is 83.1 cm³/mol. The van der Waals surface area contributed by atoms with E-state index in [0.29, 0.717) is 24.4 Å². The van der Waals surface area contributed by atoms with Crippen molar-refractivity contribution >= 4 is 5.91 Å². The van der Waals surface area contributed by atoms with Crippen LogP contribution in [0, 0.1) is 13.8 Å². The lowest BCUT2D eigenvalue weighted by Crippen LogP contribution is -2.40. The van der Waals surface area contributed by atoms with Crippen molar-refractivity contribution in [2.24, 2.45) is 7.05 Å². The molecule has 1 aromatic rings. The summed E-state index contributed by atoms with van der Waals surface area (Å²) in [5, 5.41) is 4.45. The minimum absolute atomic E-state index is 0.368. The third-order valence-electron chi connectivity index (χ3n) is 5.19. The molecule has 0 N–H and O–H groups in total. The highest BCUT2D eigenvalue weighted by Crippen LogP contribution is 2.35. The van der Waals surface area contributed by atoms with Crippen LogP contribution in [-0.4, -0.2) is 32.7 Å². The molecule has 0 radical (unpaired) electrons. The normalized spacial score (nSPS) is 19.2. The fourth-order valence-corrected chi connectivity index (χ4v) is 3.78. The molecule has 4 nitrogen and oxygen atoms in total. The monoisotopic (exact) mass is 289 g/mol. The lowest BCUT2D eigenvalue weighted by molar-refractivity contribution is -0.134. The number of aryl methyl sites for hydroxylation is 2. The Kier molecular flexibility index (Phi) is 4.05. The lowest BCUT2D eigenvalue weighted by Gasteiger charge is -2.29. The smallest absolute Gasteiger partial charge is 0.223 e. The molecule has 4 heteroatoms. The molecular weight excluding hydrogens is 262 g/mol. The average molecular weight is 289 g/mol. The van der Waals surface area contributed by atoms with E-state index in [1.807, 2.05) is 18.7 Å². The van der Waals surface area contributed by atoms with Crippen molar-refractivity contribution in [3.63, 3.8) is 0 Å². The Morgan fingerprint density at radius 2 is 1.81 bits per heavy atom. The van der Waals surface area contributed by atoms with Crippen LogP contribution >= 0.6 is 0 Å². The summed E-state index contributed by atoms with van der Waals surface area (Å²) >= 11 is 0. The molecule has 0 bridgehead atoms. The van der Waals surface area contributed by atoms with Gasteiger partial charge in [-0.25, -0.2) is 0 Å². The van der Waals surface area contributed by atoms with Crippen LogP contribution in [0.1, 0.15) is 61.9 Å². The summed E-state index contributed by atoms with van der Waals surface area (Å²) in [7, 11) is 1.97. The first-order chi connectivity index (χ1) is 10.1. The highest BCUT2D eigenvalue weighted by molar-refractivity contribution is 5.77. The molecule has 0 saturated heterocycles. The van der Waals surface area contributed by atoms with Crippen molar-refractivity contribution in [3.05, 3.63) is 17.0 Å². The van der Waals surface area contributed by atoms with Crippen molar-refractivity contribution in [1.29, 1.82) is 0 Å². The van der Waals surface area contributed by atoms with Gasteiger partial charge in [0, 0.05) is 31.2 Å². The quantitative estimate of drug-likeness (QED) is 0.836. The first-order valence-electron chi connectivity index (χ1n) is 8.38. The minimum Gasteiger partial charge on any atom is -0.337 e. The van der Waals surface area contributed by atoms with Gasteiger partial charge in [-0.3, -0.25) is 9.48 Å². The number of carbonyl (C=O) groups is 1. The highest BCUT2D eigenvalue weighted by atomic mass is 16.2. The van der Waals surface area contributed by atoms with E-state index in [9.17, 15) is 4.79 Å². The fourth-order valence-electron chi connectivity index (χ4n) is 3.78. The first-order valence-corrected chi connectivity index (χ1v) is 8.38. The maximum Gasteiger partial charge on any atom is 0.223 e. The Bertz CT molecular complexity index is 524. The van der Waals surface area contributed by atoms with Gasteiger partial charge in [0.15, 0.2) is 0 Å². The van der Waals surface area contributed by atoms with Crippen LogP contribution in [0.2, 0.25) is 0 Å². The standard InChI is InChI=1S/C17H27N3O/c1-12-16(13(2)19(3)18-12)10-11-17(21)20(15-8-9-15)14-6-4-5-7-14/h14-15H,4-11H2,1-3H3. The van der Waals surface area contributed by atoms with Gasteiger partial charge in [-0.2, -0.15) is 5.10 Å². The molecule has 1 aromatic heterocycles. The molecule has 2 fully saturated rings. The van der Waals surface area contributed by atoms with Gasteiger partial charge in [-0.15, -0.1) is 0 Å². The van der Waals surface area contributed by atoms with Crippen LogP contribution in [0.3, 0.4) is 0 Å². The van der Waals surface area contributed by atoms with E-state index in [1.165, 1.54) is 49.8 Å². The molecular formula is C17H27N3O. The number of nitrogens with zero attached hydrogens (tertiary/aromatic N) is 3. The largest absolute Gasteiger partial charge is 0.337 e. The van der Waals surface area contributed by atoms with Gasteiger partial charge in [0.1, 0.15) is 0 Å². The Labute approximate surface area is 127 Å².